The van der Waals surface area contributed by atoms with Gasteiger partial charge in [0, 0.05) is 16.9 Å². The number of benzene rings is 1. The second-order valence-corrected chi connectivity index (χ2v) is 9.55. The number of sulfone groups is 1. The number of halogens is 2. The van der Waals surface area contributed by atoms with Crippen LogP contribution in [0.3, 0.4) is 0 Å². The van der Waals surface area contributed by atoms with Gasteiger partial charge in [-0.15, -0.1) is 0 Å². The van der Waals surface area contributed by atoms with Gasteiger partial charge in [-0.05, 0) is 38.5 Å². The van der Waals surface area contributed by atoms with Gasteiger partial charge in [-0.1, -0.05) is 23.2 Å². The van der Waals surface area contributed by atoms with Gasteiger partial charge in [0.25, 0.3) is 0 Å². The number of hydrogen-bond acceptors (Lipinski definition) is 4. The largest absolute Gasteiger partial charge is 0.326 e. The number of nitrogens with one attached hydrogen (secondary N) is 1. The third-order valence-corrected chi connectivity index (χ3v) is 7.06. The first kappa shape index (κ1) is 19.2. The molecule has 1 amide bonds. The molecule has 1 N–H and O–H groups in total. The van der Waals surface area contributed by atoms with Gasteiger partial charge >= 0.3 is 0 Å². The van der Waals surface area contributed by atoms with E-state index in [1.807, 2.05) is 13.8 Å². The predicted molar refractivity (Wildman–Crippen MR) is 103 cm³/mol. The monoisotopic (exact) mass is 415 g/mol. The molecule has 0 radical (unpaired) electrons. The summed E-state index contributed by atoms with van der Waals surface area (Å²) >= 11 is 11.8. The molecule has 9 heteroatoms. The van der Waals surface area contributed by atoms with Crippen LogP contribution in [0, 0.1) is 13.8 Å². The molecule has 6 nitrogen and oxygen atoms in total. The maximum atomic E-state index is 12.4. The standard InChI is InChI=1S/C17H19Cl2N3O3S/c1-10-14(8-17(23)20-12-3-4-15(18)16(19)7-12)11(2)22(21-10)13-5-6-26(24,25)9-13/h3-4,7,13H,5-6,8-9H2,1-2H3,(H,20,23). The zero-order valence-corrected chi connectivity index (χ0v) is 16.7. The second kappa shape index (κ2) is 7.21. The lowest BCUT2D eigenvalue weighted by Gasteiger charge is -2.11. The quantitative estimate of drug-likeness (QED) is 0.829. The van der Waals surface area contributed by atoms with E-state index >= 15 is 0 Å². The van der Waals surface area contributed by atoms with Crippen molar-refractivity contribution in [2.45, 2.75) is 32.7 Å². The summed E-state index contributed by atoms with van der Waals surface area (Å²) < 4.78 is 25.2. The van der Waals surface area contributed by atoms with Crippen molar-refractivity contribution in [3.05, 3.63) is 45.2 Å². The summed E-state index contributed by atoms with van der Waals surface area (Å²) in [5.74, 6) is 0.0840. The Balaban J connectivity index is 1.75. The van der Waals surface area contributed by atoms with Gasteiger partial charge in [-0.25, -0.2) is 8.42 Å². The molecular formula is C17H19Cl2N3O3S. The summed E-state index contributed by atoms with van der Waals surface area (Å²) in [6, 6.07) is 4.73. The van der Waals surface area contributed by atoms with Crippen LogP contribution in [0.15, 0.2) is 18.2 Å². The highest BCUT2D eigenvalue weighted by atomic mass is 35.5. The Morgan fingerprint density at radius 3 is 2.65 bits per heavy atom. The van der Waals surface area contributed by atoms with Crippen LogP contribution in [0.25, 0.3) is 0 Å². The number of carbonyl (C=O) groups excluding carboxylic acids is 1. The van der Waals surface area contributed by atoms with Crippen molar-refractivity contribution in [1.82, 2.24) is 9.78 Å². The first-order valence-electron chi connectivity index (χ1n) is 8.16. The summed E-state index contributed by atoms with van der Waals surface area (Å²) in [6.07, 6.45) is 0.705. The molecule has 1 atom stereocenters. The van der Waals surface area contributed by atoms with Crippen molar-refractivity contribution in [1.29, 1.82) is 0 Å². The van der Waals surface area contributed by atoms with E-state index in [0.29, 0.717) is 22.2 Å². The molecule has 1 fully saturated rings. The summed E-state index contributed by atoms with van der Waals surface area (Å²) in [4.78, 5) is 12.4. The molecule has 0 aliphatic carbocycles. The summed E-state index contributed by atoms with van der Waals surface area (Å²) in [5, 5.41) is 8.06. The second-order valence-electron chi connectivity index (χ2n) is 6.50. The van der Waals surface area contributed by atoms with Crippen molar-refractivity contribution in [3.63, 3.8) is 0 Å². The molecule has 0 bridgehead atoms. The molecule has 140 valence electrons. The van der Waals surface area contributed by atoms with Gasteiger partial charge in [0.2, 0.25) is 5.91 Å². The number of anilines is 1. The van der Waals surface area contributed by atoms with E-state index in [9.17, 15) is 13.2 Å². The van der Waals surface area contributed by atoms with E-state index < -0.39 is 9.84 Å². The molecule has 2 heterocycles. The molecule has 1 aliphatic heterocycles. The minimum absolute atomic E-state index is 0.101. The van der Waals surface area contributed by atoms with Crippen LogP contribution in [0.5, 0.6) is 0 Å². The summed E-state index contributed by atoms with van der Waals surface area (Å²) in [5.41, 5.74) is 2.94. The van der Waals surface area contributed by atoms with E-state index in [-0.39, 0.29) is 29.9 Å². The Morgan fingerprint density at radius 2 is 2.04 bits per heavy atom. The molecule has 0 saturated carbocycles. The molecule has 1 saturated heterocycles. The number of hydrogen-bond donors (Lipinski definition) is 1. The lowest BCUT2D eigenvalue weighted by Crippen LogP contribution is -2.16. The van der Waals surface area contributed by atoms with Gasteiger partial charge in [0.05, 0.1) is 39.7 Å². The lowest BCUT2D eigenvalue weighted by molar-refractivity contribution is -0.115. The molecule has 1 aliphatic rings. The average Bonchev–Trinajstić information content (AvgIpc) is 3.04. The Morgan fingerprint density at radius 1 is 1.31 bits per heavy atom. The molecule has 1 aromatic heterocycles. The van der Waals surface area contributed by atoms with Crippen LogP contribution in [0.1, 0.15) is 29.4 Å². The Kier molecular flexibility index (Phi) is 5.33. The van der Waals surface area contributed by atoms with E-state index in [1.54, 1.807) is 22.9 Å². The predicted octanol–water partition coefficient (Wildman–Crippen LogP) is 3.35. The zero-order chi connectivity index (χ0) is 19.1. The number of nitrogens with zero attached hydrogens (tertiary/aromatic N) is 2. The molecule has 2 aromatic rings. The van der Waals surface area contributed by atoms with E-state index in [4.69, 9.17) is 23.2 Å². The van der Waals surface area contributed by atoms with Crippen LogP contribution >= 0.6 is 23.2 Å². The van der Waals surface area contributed by atoms with Gasteiger partial charge in [0.15, 0.2) is 9.84 Å². The smallest absolute Gasteiger partial charge is 0.228 e. The number of aromatic nitrogens is 2. The van der Waals surface area contributed by atoms with Crippen LogP contribution in [-0.2, 0) is 21.1 Å². The first-order valence-corrected chi connectivity index (χ1v) is 10.7. The normalized spacial score (nSPS) is 18.8. The minimum Gasteiger partial charge on any atom is -0.326 e. The minimum atomic E-state index is -3.00. The van der Waals surface area contributed by atoms with Crippen molar-refractivity contribution in [2.75, 3.05) is 16.8 Å². The van der Waals surface area contributed by atoms with E-state index in [1.165, 1.54) is 0 Å². The van der Waals surface area contributed by atoms with E-state index in [2.05, 4.69) is 10.4 Å². The molecule has 26 heavy (non-hydrogen) atoms. The van der Waals surface area contributed by atoms with Gasteiger partial charge in [0.1, 0.15) is 0 Å². The summed E-state index contributed by atoms with van der Waals surface area (Å²) in [7, 11) is -3.00. The Bertz CT molecular complexity index is 970. The molecule has 3 rings (SSSR count). The molecule has 1 unspecified atom stereocenters. The lowest BCUT2D eigenvalue weighted by atomic mass is 10.1. The molecule has 0 spiro atoms. The molecule has 1 aromatic carbocycles. The van der Waals surface area contributed by atoms with Crippen LogP contribution in [-0.4, -0.2) is 35.6 Å². The first-order chi connectivity index (χ1) is 12.2. The van der Waals surface area contributed by atoms with Crippen molar-refractivity contribution in [3.8, 4) is 0 Å². The third-order valence-electron chi connectivity index (χ3n) is 4.57. The number of amides is 1. The summed E-state index contributed by atoms with van der Waals surface area (Å²) in [6.45, 7) is 3.70. The van der Waals surface area contributed by atoms with Crippen molar-refractivity contribution >= 4 is 44.6 Å². The average molecular weight is 416 g/mol. The van der Waals surface area contributed by atoms with Crippen LogP contribution in [0.4, 0.5) is 5.69 Å². The van der Waals surface area contributed by atoms with Crippen LogP contribution in [0.2, 0.25) is 10.0 Å². The SMILES string of the molecule is Cc1nn(C2CCS(=O)(=O)C2)c(C)c1CC(=O)Nc1ccc(Cl)c(Cl)c1. The van der Waals surface area contributed by atoms with E-state index in [0.717, 1.165) is 17.0 Å². The molecular weight excluding hydrogens is 397 g/mol. The Hall–Kier alpha value is -1.57. The third kappa shape index (κ3) is 4.05. The van der Waals surface area contributed by atoms with Crippen molar-refractivity contribution in [2.24, 2.45) is 0 Å². The highest BCUT2D eigenvalue weighted by Gasteiger charge is 2.31. The van der Waals surface area contributed by atoms with Gasteiger partial charge < -0.3 is 5.32 Å². The zero-order valence-electron chi connectivity index (χ0n) is 14.4. The number of aryl methyl sites for hydroxylation is 1. The van der Waals surface area contributed by atoms with Gasteiger partial charge in [-0.3, -0.25) is 9.48 Å². The van der Waals surface area contributed by atoms with Gasteiger partial charge in [-0.2, -0.15) is 5.10 Å². The van der Waals surface area contributed by atoms with Crippen molar-refractivity contribution < 1.29 is 13.2 Å². The maximum Gasteiger partial charge on any atom is 0.228 e. The topological polar surface area (TPSA) is 81.1 Å². The number of rotatable bonds is 4. The fraction of sp³-hybridized carbons (Fsp3) is 0.412. The fourth-order valence-electron chi connectivity index (χ4n) is 3.22. The fourth-order valence-corrected chi connectivity index (χ4v) is 5.21. The number of carbonyl (C=O) groups is 1. The highest BCUT2D eigenvalue weighted by molar-refractivity contribution is 7.91. The highest BCUT2D eigenvalue weighted by Crippen LogP contribution is 2.28. The Labute approximate surface area is 162 Å². The maximum absolute atomic E-state index is 12.4. The van der Waals surface area contributed by atoms with Crippen LogP contribution < -0.4 is 5.32 Å².